The Morgan fingerprint density at radius 3 is 2.83 bits per heavy atom. The molecule has 0 unspecified atom stereocenters. The Balaban J connectivity index is 2.37. The van der Waals surface area contributed by atoms with Crippen LogP contribution < -0.4 is 10.5 Å². The van der Waals surface area contributed by atoms with Gasteiger partial charge in [0.15, 0.2) is 5.69 Å². The molecule has 0 aliphatic heterocycles. The molecule has 0 radical (unpaired) electrons. The number of methoxy groups -OCH3 is 2. The van der Waals surface area contributed by atoms with Gasteiger partial charge in [0.05, 0.1) is 36.7 Å². The first-order valence-corrected chi connectivity index (χ1v) is 6.75. The fourth-order valence-corrected chi connectivity index (χ4v) is 2.54. The van der Waals surface area contributed by atoms with Gasteiger partial charge >= 0.3 is 5.97 Å². The molecule has 3 N–H and O–H groups in total. The number of ether oxygens (including phenoxy) is 2. The van der Waals surface area contributed by atoms with E-state index in [1.807, 2.05) is 18.2 Å². The molecule has 0 saturated heterocycles. The second-order valence-corrected chi connectivity index (χ2v) is 4.87. The molecule has 0 fully saturated rings. The molecule has 0 bridgehead atoms. The van der Waals surface area contributed by atoms with Gasteiger partial charge in [-0.05, 0) is 12.1 Å². The van der Waals surface area contributed by atoms with Crippen LogP contribution in [0.1, 0.15) is 16.1 Å². The summed E-state index contributed by atoms with van der Waals surface area (Å²) in [6.07, 6.45) is 3.29. The van der Waals surface area contributed by atoms with E-state index >= 15 is 0 Å². The molecule has 0 saturated carbocycles. The predicted octanol–water partition coefficient (Wildman–Crippen LogP) is 2.21. The summed E-state index contributed by atoms with van der Waals surface area (Å²) < 4.78 is 11.6. The smallest absolute Gasteiger partial charge is 0.357 e. The second kappa shape index (κ2) is 5.42. The molecule has 3 aromatic rings. The van der Waals surface area contributed by atoms with Gasteiger partial charge in [0.1, 0.15) is 11.8 Å². The summed E-state index contributed by atoms with van der Waals surface area (Å²) in [6.45, 7) is 0. The maximum absolute atomic E-state index is 12.1. The minimum atomic E-state index is -0.619. The van der Waals surface area contributed by atoms with Crippen LogP contribution in [0.4, 0.5) is 5.69 Å². The molecule has 0 amide bonds. The predicted molar refractivity (Wildman–Crippen MR) is 84.6 cm³/mol. The van der Waals surface area contributed by atoms with Crippen molar-refractivity contribution in [2.24, 2.45) is 0 Å². The van der Waals surface area contributed by atoms with E-state index in [0.29, 0.717) is 11.4 Å². The third-order valence-corrected chi connectivity index (χ3v) is 3.65. The van der Waals surface area contributed by atoms with Crippen LogP contribution in [0.3, 0.4) is 0 Å². The van der Waals surface area contributed by atoms with E-state index in [0.717, 1.165) is 10.9 Å². The number of nitriles is 1. The van der Waals surface area contributed by atoms with Crippen LogP contribution in [0.15, 0.2) is 30.6 Å². The largest absolute Gasteiger partial charge is 0.497 e. The molecule has 1 aromatic carbocycles. The van der Waals surface area contributed by atoms with E-state index in [1.54, 1.807) is 23.9 Å². The molecule has 7 nitrogen and oxygen atoms in total. The van der Waals surface area contributed by atoms with Gasteiger partial charge < -0.3 is 24.8 Å². The summed E-state index contributed by atoms with van der Waals surface area (Å²) in [6, 6.07) is 7.49. The lowest BCUT2D eigenvalue weighted by Gasteiger charge is -2.11. The first-order valence-electron chi connectivity index (χ1n) is 6.75. The molecule has 0 atom stereocenters. The molecule has 116 valence electrons. The van der Waals surface area contributed by atoms with Gasteiger partial charge in [-0.15, -0.1) is 0 Å². The Hall–Kier alpha value is -3.40. The van der Waals surface area contributed by atoms with Gasteiger partial charge in [0.2, 0.25) is 0 Å². The number of H-pyrrole nitrogens is 1. The highest BCUT2D eigenvalue weighted by atomic mass is 16.5. The number of aromatic nitrogens is 2. The van der Waals surface area contributed by atoms with Crippen molar-refractivity contribution in [3.63, 3.8) is 0 Å². The molecule has 0 aliphatic rings. The summed E-state index contributed by atoms with van der Waals surface area (Å²) in [5.41, 5.74) is 7.75. The van der Waals surface area contributed by atoms with Gasteiger partial charge in [-0.2, -0.15) is 5.26 Å². The lowest BCUT2D eigenvalue weighted by Crippen LogP contribution is -2.11. The van der Waals surface area contributed by atoms with Crippen LogP contribution >= 0.6 is 0 Å². The van der Waals surface area contributed by atoms with Crippen molar-refractivity contribution in [2.45, 2.75) is 0 Å². The zero-order chi connectivity index (χ0) is 16.6. The number of aromatic amines is 1. The molecule has 7 heteroatoms. The molecule has 2 heterocycles. The summed E-state index contributed by atoms with van der Waals surface area (Å²) >= 11 is 0. The number of nitrogens with one attached hydrogen (secondary N) is 1. The van der Waals surface area contributed by atoms with Crippen LogP contribution in [-0.2, 0) is 4.74 Å². The number of nitrogens with zero attached hydrogens (tertiary/aromatic N) is 2. The number of rotatable bonds is 3. The van der Waals surface area contributed by atoms with Crippen LogP contribution in [0.2, 0.25) is 0 Å². The first-order chi connectivity index (χ1) is 11.1. The molecule has 2 aromatic heterocycles. The van der Waals surface area contributed by atoms with Gasteiger partial charge in [0.25, 0.3) is 0 Å². The Morgan fingerprint density at radius 1 is 1.39 bits per heavy atom. The van der Waals surface area contributed by atoms with E-state index in [9.17, 15) is 10.1 Å². The SMILES string of the molecule is COC(=O)c1c(N)c(C#N)cn1-c1cc(OC)cc2cc[nH]c12. The number of nitrogen functional groups attached to an aromatic ring is 1. The van der Waals surface area contributed by atoms with Crippen LogP contribution in [-0.4, -0.2) is 29.7 Å². The molecule has 3 rings (SSSR count). The zero-order valence-corrected chi connectivity index (χ0v) is 12.6. The molecular formula is C16H14N4O3. The van der Waals surface area contributed by atoms with Crippen molar-refractivity contribution < 1.29 is 14.3 Å². The number of anilines is 1. The van der Waals surface area contributed by atoms with E-state index in [-0.39, 0.29) is 16.9 Å². The average molecular weight is 310 g/mol. The zero-order valence-electron chi connectivity index (χ0n) is 12.6. The van der Waals surface area contributed by atoms with Gasteiger partial charge in [-0.3, -0.25) is 0 Å². The highest BCUT2D eigenvalue weighted by Gasteiger charge is 2.23. The lowest BCUT2D eigenvalue weighted by atomic mass is 10.2. The van der Waals surface area contributed by atoms with Crippen LogP contribution in [0.25, 0.3) is 16.6 Å². The number of fused-ring (bicyclic) bond motifs is 1. The topological polar surface area (TPSA) is 106 Å². The monoisotopic (exact) mass is 310 g/mol. The second-order valence-electron chi connectivity index (χ2n) is 4.87. The number of nitrogens with two attached hydrogens (primary N) is 1. The maximum Gasteiger partial charge on any atom is 0.357 e. The van der Waals surface area contributed by atoms with E-state index < -0.39 is 5.97 Å². The number of carbonyl (C=O) groups excluding carboxylic acids is 1. The number of hydrogen-bond acceptors (Lipinski definition) is 5. The third kappa shape index (κ3) is 2.17. The van der Waals surface area contributed by atoms with Crippen molar-refractivity contribution in [1.29, 1.82) is 5.26 Å². The summed E-state index contributed by atoms with van der Waals surface area (Å²) in [5.74, 6) is 0.000205. The van der Waals surface area contributed by atoms with Crippen molar-refractivity contribution in [1.82, 2.24) is 9.55 Å². The molecule has 0 aliphatic carbocycles. The Bertz CT molecular complexity index is 946. The highest BCUT2D eigenvalue weighted by Crippen LogP contribution is 2.31. The Morgan fingerprint density at radius 2 is 2.17 bits per heavy atom. The van der Waals surface area contributed by atoms with Crippen molar-refractivity contribution in [3.05, 3.63) is 41.9 Å². The van der Waals surface area contributed by atoms with Gasteiger partial charge in [0, 0.05) is 23.8 Å². The lowest BCUT2D eigenvalue weighted by molar-refractivity contribution is 0.0593. The normalized spacial score (nSPS) is 10.5. The van der Waals surface area contributed by atoms with Gasteiger partial charge in [-0.25, -0.2) is 4.79 Å². The average Bonchev–Trinajstić information content (AvgIpc) is 3.17. The van der Waals surface area contributed by atoms with Crippen molar-refractivity contribution in [3.8, 4) is 17.5 Å². The minimum Gasteiger partial charge on any atom is -0.497 e. The quantitative estimate of drug-likeness (QED) is 0.721. The van der Waals surface area contributed by atoms with E-state index in [4.69, 9.17) is 15.2 Å². The summed E-state index contributed by atoms with van der Waals surface area (Å²) in [7, 11) is 2.82. The molecule has 23 heavy (non-hydrogen) atoms. The first kappa shape index (κ1) is 14.5. The third-order valence-electron chi connectivity index (χ3n) is 3.65. The van der Waals surface area contributed by atoms with E-state index in [1.165, 1.54) is 13.3 Å². The molecule has 0 spiro atoms. The van der Waals surface area contributed by atoms with E-state index in [2.05, 4.69) is 4.98 Å². The summed E-state index contributed by atoms with van der Waals surface area (Å²) in [5, 5.41) is 10.1. The minimum absolute atomic E-state index is 0.0851. The fourth-order valence-electron chi connectivity index (χ4n) is 2.54. The number of esters is 1. The maximum atomic E-state index is 12.1. The molecular weight excluding hydrogens is 296 g/mol. The van der Waals surface area contributed by atoms with Crippen molar-refractivity contribution >= 4 is 22.6 Å². The fraction of sp³-hybridized carbons (Fsp3) is 0.125. The summed E-state index contributed by atoms with van der Waals surface area (Å²) in [4.78, 5) is 15.2. The highest BCUT2D eigenvalue weighted by molar-refractivity contribution is 5.98. The number of hydrogen-bond donors (Lipinski definition) is 2. The standard InChI is InChI=1S/C16H14N4O3/c1-22-11-5-9-3-4-19-14(9)12(6-11)20-8-10(7-17)13(18)15(20)16(21)23-2/h3-6,8,19H,18H2,1-2H3. The van der Waals surface area contributed by atoms with Gasteiger partial charge in [-0.1, -0.05) is 0 Å². The Labute approximate surface area is 131 Å². The van der Waals surface area contributed by atoms with Crippen molar-refractivity contribution in [2.75, 3.05) is 20.0 Å². The van der Waals surface area contributed by atoms with Crippen LogP contribution in [0, 0.1) is 11.3 Å². The number of carbonyl (C=O) groups is 1. The number of benzene rings is 1. The van der Waals surface area contributed by atoms with Crippen LogP contribution in [0.5, 0.6) is 5.75 Å². The Kier molecular flexibility index (Phi) is 3.43.